The molecule has 2 heterocycles. The maximum atomic E-state index is 12.6. The Bertz CT molecular complexity index is 930. The SMILES string of the molecule is CCC(C)c1c(OC)ccc2c(=O)cc(-c3csc(NC)n3)[nH]c12. The predicted molar refractivity (Wildman–Crippen MR) is 100 cm³/mol. The highest BCUT2D eigenvalue weighted by atomic mass is 32.1. The molecule has 0 aliphatic rings. The molecule has 0 saturated carbocycles. The summed E-state index contributed by atoms with van der Waals surface area (Å²) in [5.74, 6) is 1.08. The first-order valence-electron chi connectivity index (χ1n) is 7.96. The number of thiazole rings is 1. The summed E-state index contributed by atoms with van der Waals surface area (Å²) in [6.07, 6.45) is 0.961. The normalized spacial score (nSPS) is 12.3. The van der Waals surface area contributed by atoms with Gasteiger partial charge in [-0.1, -0.05) is 13.8 Å². The maximum Gasteiger partial charge on any atom is 0.190 e. The minimum atomic E-state index is -0.00929. The van der Waals surface area contributed by atoms with E-state index in [0.29, 0.717) is 5.39 Å². The zero-order valence-electron chi connectivity index (χ0n) is 14.3. The predicted octanol–water partition coefficient (Wildman–Crippen LogP) is 4.22. The Morgan fingerprint density at radius 3 is 2.83 bits per heavy atom. The zero-order valence-corrected chi connectivity index (χ0v) is 15.1. The Kier molecular flexibility index (Phi) is 4.57. The highest BCUT2D eigenvalue weighted by molar-refractivity contribution is 7.14. The van der Waals surface area contributed by atoms with Crippen molar-refractivity contribution in [2.24, 2.45) is 0 Å². The molecule has 1 aromatic carbocycles. The lowest BCUT2D eigenvalue weighted by atomic mass is 9.94. The molecule has 3 aromatic rings. The maximum absolute atomic E-state index is 12.6. The van der Waals surface area contributed by atoms with Crippen LogP contribution in [0.2, 0.25) is 0 Å². The van der Waals surface area contributed by atoms with Crippen molar-refractivity contribution in [2.45, 2.75) is 26.2 Å². The van der Waals surface area contributed by atoms with Gasteiger partial charge in [0.15, 0.2) is 10.6 Å². The van der Waals surface area contributed by atoms with Crippen LogP contribution in [0.25, 0.3) is 22.3 Å². The van der Waals surface area contributed by atoms with E-state index in [4.69, 9.17) is 4.74 Å². The average molecular weight is 343 g/mol. The molecule has 0 radical (unpaired) electrons. The summed E-state index contributed by atoms with van der Waals surface area (Å²) in [6, 6.07) is 5.31. The van der Waals surface area contributed by atoms with Crippen LogP contribution in [0.15, 0.2) is 28.4 Å². The van der Waals surface area contributed by atoms with Crippen molar-refractivity contribution in [1.29, 1.82) is 0 Å². The number of nitrogens with one attached hydrogen (secondary N) is 2. The summed E-state index contributed by atoms with van der Waals surface area (Å²) in [5.41, 5.74) is 3.36. The van der Waals surface area contributed by atoms with E-state index in [9.17, 15) is 4.79 Å². The third-order valence-electron chi connectivity index (χ3n) is 4.33. The van der Waals surface area contributed by atoms with Gasteiger partial charge in [0.05, 0.1) is 24.0 Å². The fourth-order valence-electron chi connectivity index (χ4n) is 2.84. The molecule has 5 nitrogen and oxygen atoms in total. The largest absolute Gasteiger partial charge is 0.496 e. The van der Waals surface area contributed by atoms with Crippen LogP contribution >= 0.6 is 11.3 Å². The fourth-order valence-corrected chi connectivity index (χ4v) is 3.51. The van der Waals surface area contributed by atoms with Crippen LogP contribution in [-0.4, -0.2) is 24.1 Å². The number of ether oxygens (including phenoxy) is 1. The van der Waals surface area contributed by atoms with E-state index < -0.39 is 0 Å². The van der Waals surface area contributed by atoms with Gasteiger partial charge in [0.2, 0.25) is 0 Å². The van der Waals surface area contributed by atoms with E-state index >= 15 is 0 Å². The van der Waals surface area contributed by atoms with Crippen LogP contribution in [0, 0.1) is 0 Å². The summed E-state index contributed by atoms with van der Waals surface area (Å²) >= 11 is 1.51. The second kappa shape index (κ2) is 6.65. The number of nitrogens with zero attached hydrogens (tertiary/aromatic N) is 1. The van der Waals surface area contributed by atoms with Crippen LogP contribution in [0.1, 0.15) is 31.7 Å². The molecule has 0 fully saturated rings. The monoisotopic (exact) mass is 343 g/mol. The molecule has 2 aromatic heterocycles. The standard InChI is InChI=1S/C18H21N3O2S/c1-5-10(2)16-15(23-4)7-6-11-14(22)8-12(20-17(11)16)13-9-24-18(19-3)21-13/h6-10H,5H2,1-4H3,(H,19,21)(H,20,22). The smallest absolute Gasteiger partial charge is 0.190 e. The van der Waals surface area contributed by atoms with Gasteiger partial charge >= 0.3 is 0 Å². The second-order valence-corrected chi connectivity index (χ2v) is 6.61. The van der Waals surface area contributed by atoms with Gasteiger partial charge in [-0.3, -0.25) is 4.79 Å². The van der Waals surface area contributed by atoms with Gasteiger partial charge in [0, 0.05) is 29.4 Å². The van der Waals surface area contributed by atoms with Gasteiger partial charge in [-0.05, 0) is 24.5 Å². The Balaban J connectivity index is 2.30. The molecular formula is C18H21N3O2S. The summed E-state index contributed by atoms with van der Waals surface area (Å²) in [7, 11) is 3.49. The lowest BCUT2D eigenvalue weighted by Crippen LogP contribution is -2.07. The van der Waals surface area contributed by atoms with E-state index in [2.05, 4.69) is 29.1 Å². The Labute approximate surface area is 144 Å². The molecule has 126 valence electrons. The summed E-state index contributed by atoms with van der Waals surface area (Å²) in [5, 5.41) is 6.46. The molecule has 1 unspecified atom stereocenters. The first-order chi connectivity index (χ1) is 11.6. The Morgan fingerprint density at radius 1 is 1.42 bits per heavy atom. The zero-order chi connectivity index (χ0) is 17.3. The molecular weight excluding hydrogens is 322 g/mol. The molecule has 0 aliphatic heterocycles. The van der Waals surface area contributed by atoms with Crippen molar-refractivity contribution < 1.29 is 4.74 Å². The highest BCUT2D eigenvalue weighted by Crippen LogP contribution is 2.34. The summed E-state index contributed by atoms with van der Waals surface area (Å²) in [4.78, 5) is 20.5. The van der Waals surface area contributed by atoms with Crippen LogP contribution in [0.3, 0.4) is 0 Å². The Morgan fingerprint density at radius 2 is 2.21 bits per heavy atom. The summed E-state index contributed by atoms with van der Waals surface area (Å²) in [6.45, 7) is 4.27. The number of aromatic nitrogens is 2. The number of hydrogen-bond donors (Lipinski definition) is 2. The highest BCUT2D eigenvalue weighted by Gasteiger charge is 2.17. The first-order valence-corrected chi connectivity index (χ1v) is 8.84. The molecule has 24 heavy (non-hydrogen) atoms. The van der Waals surface area contributed by atoms with Crippen molar-refractivity contribution in [3.05, 3.63) is 39.4 Å². The minimum absolute atomic E-state index is 0.00929. The number of pyridine rings is 1. The second-order valence-electron chi connectivity index (χ2n) is 5.75. The molecule has 0 bridgehead atoms. The van der Waals surface area contributed by atoms with Crippen molar-refractivity contribution in [2.75, 3.05) is 19.5 Å². The number of methoxy groups -OCH3 is 1. The van der Waals surface area contributed by atoms with Crippen molar-refractivity contribution in [3.8, 4) is 17.1 Å². The fraction of sp³-hybridized carbons (Fsp3) is 0.333. The number of rotatable bonds is 5. The van der Waals surface area contributed by atoms with Crippen molar-refractivity contribution in [1.82, 2.24) is 9.97 Å². The van der Waals surface area contributed by atoms with Crippen LogP contribution in [0.5, 0.6) is 5.75 Å². The van der Waals surface area contributed by atoms with Gasteiger partial charge in [0.1, 0.15) is 5.75 Å². The minimum Gasteiger partial charge on any atom is -0.496 e. The molecule has 0 spiro atoms. The van der Waals surface area contributed by atoms with Crippen molar-refractivity contribution in [3.63, 3.8) is 0 Å². The van der Waals surface area contributed by atoms with E-state index in [-0.39, 0.29) is 11.3 Å². The topological polar surface area (TPSA) is 67.0 Å². The molecule has 1 atom stereocenters. The van der Waals surface area contributed by atoms with Gasteiger partial charge in [0.25, 0.3) is 0 Å². The number of benzene rings is 1. The van der Waals surface area contributed by atoms with E-state index in [1.54, 1.807) is 13.2 Å². The molecule has 3 rings (SSSR count). The number of anilines is 1. The number of aromatic amines is 1. The third-order valence-corrected chi connectivity index (χ3v) is 5.18. The molecule has 2 N–H and O–H groups in total. The van der Waals surface area contributed by atoms with Crippen LogP contribution < -0.4 is 15.5 Å². The number of hydrogen-bond acceptors (Lipinski definition) is 5. The van der Waals surface area contributed by atoms with Crippen LogP contribution in [-0.2, 0) is 0 Å². The third kappa shape index (κ3) is 2.78. The Hall–Kier alpha value is -2.34. The molecule has 0 aliphatic carbocycles. The average Bonchev–Trinajstić information content (AvgIpc) is 3.09. The van der Waals surface area contributed by atoms with Gasteiger partial charge < -0.3 is 15.0 Å². The van der Waals surface area contributed by atoms with E-state index in [0.717, 1.165) is 39.8 Å². The summed E-state index contributed by atoms with van der Waals surface area (Å²) < 4.78 is 5.54. The van der Waals surface area contributed by atoms with Crippen LogP contribution in [0.4, 0.5) is 5.13 Å². The van der Waals surface area contributed by atoms with Gasteiger partial charge in [-0.15, -0.1) is 11.3 Å². The lowest BCUT2D eigenvalue weighted by Gasteiger charge is -2.17. The molecule has 0 saturated heterocycles. The molecule has 6 heteroatoms. The van der Waals surface area contributed by atoms with E-state index in [1.165, 1.54) is 11.3 Å². The number of H-pyrrole nitrogens is 1. The first kappa shape index (κ1) is 16.5. The van der Waals surface area contributed by atoms with E-state index in [1.807, 2.05) is 24.6 Å². The quantitative estimate of drug-likeness (QED) is 0.728. The number of fused-ring (bicyclic) bond motifs is 1. The molecule has 0 amide bonds. The van der Waals surface area contributed by atoms with Gasteiger partial charge in [-0.25, -0.2) is 4.98 Å². The lowest BCUT2D eigenvalue weighted by molar-refractivity contribution is 0.407. The van der Waals surface area contributed by atoms with Crippen molar-refractivity contribution >= 4 is 27.4 Å². The van der Waals surface area contributed by atoms with Gasteiger partial charge in [-0.2, -0.15) is 0 Å².